The maximum Gasteiger partial charge on any atom is 0.700 e. The van der Waals surface area contributed by atoms with Crippen molar-refractivity contribution in [2.45, 2.75) is 88.2 Å². The van der Waals surface area contributed by atoms with Crippen LogP contribution in [0.15, 0.2) is 66.7 Å². The topological polar surface area (TPSA) is 226 Å². The largest absolute Gasteiger partial charge is 0.700 e. The molecule has 4 atom stereocenters. The van der Waals surface area contributed by atoms with Gasteiger partial charge in [-0.25, -0.2) is 0 Å². The highest BCUT2D eigenvalue weighted by atomic mass is 31.1. The number of likely N-dealkylation sites (tertiary alicyclic amines) is 1. The van der Waals surface area contributed by atoms with Crippen molar-refractivity contribution in [2.24, 2.45) is 0 Å². The van der Waals surface area contributed by atoms with Crippen LogP contribution in [0.4, 0.5) is 8.78 Å². The number of nitrogens with zero attached hydrogens (tertiary/aromatic N) is 1. The highest BCUT2D eigenvalue weighted by Gasteiger charge is 2.47. The number of rotatable bonds is 23. The fourth-order valence-corrected chi connectivity index (χ4v) is 6.34. The second-order valence-corrected chi connectivity index (χ2v) is 13.5. The number of carbonyl (C=O) groups excluding carboxylic acids is 3. The first-order valence-corrected chi connectivity index (χ1v) is 19.0. The zero-order valence-corrected chi connectivity index (χ0v) is 30.3. The molecule has 0 aliphatic carbocycles. The molecule has 53 heavy (non-hydrogen) atoms. The van der Waals surface area contributed by atoms with Gasteiger partial charge in [0.1, 0.15) is 0 Å². The zero-order valence-electron chi connectivity index (χ0n) is 28.6. The monoisotopic (exact) mass is 786 g/mol. The van der Waals surface area contributed by atoms with Crippen molar-refractivity contribution in [1.82, 2.24) is 10.2 Å². The van der Waals surface area contributed by atoms with E-state index >= 15 is 8.78 Å². The maximum absolute atomic E-state index is 15.8. The summed E-state index contributed by atoms with van der Waals surface area (Å²) in [4.78, 5) is 68.1. The molecule has 1 aliphatic heterocycles. The van der Waals surface area contributed by atoms with Gasteiger partial charge in [0.2, 0.25) is 5.91 Å². The van der Waals surface area contributed by atoms with Crippen molar-refractivity contribution in [3.8, 4) is 0 Å². The molecule has 5 N–H and O–H groups in total. The van der Waals surface area contributed by atoms with E-state index in [4.69, 9.17) is 19.6 Å². The van der Waals surface area contributed by atoms with Crippen molar-refractivity contribution in [3.63, 3.8) is 0 Å². The Morgan fingerprint density at radius 2 is 1.60 bits per heavy atom. The van der Waals surface area contributed by atoms with Gasteiger partial charge in [-0.2, -0.15) is 8.78 Å². The Balaban J connectivity index is 1.61. The van der Waals surface area contributed by atoms with Gasteiger partial charge >= 0.3 is 40.3 Å². The molecule has 15 nitrogen and oxygen atoms in total. The number of carbonyl (C=O) groups is 4. The second kappa shape index (κ2) is 21.0. The van der Waals surface area contributed by atoms with Gasteiger partial charge in [-0.1, -0.05) is 61.4 Å². The van der Waals surface area contributed by atoms with Gasteiger partial charge < -0.3 is 25.2 Å². The summed E-state index contributed by atoms with van der Waals surface area (Å²) < 4.78 is 67.3. The van der Waals surface area contributed by atoms with E-state index in [0.29, 0.717) is 44.2 Å². The lowest BCUT2D eigenvalue weighted by Crippen LogP contribution is -2.36. The number of unbranched alkanes of at least 4 members (excludes halogenated alkanes) is 3. The number of alkyl halides is 2. The standard InChI is InChI=1S/C34H40F2N2O13P2/c35-34(36,26-9-4-3-5-10-26)28(18-16-27-17-19-29(39)38(27)22-7-2-1-6-11-30(40)41)49-31(42)23-24-12-14-25(15-13-24)32(43)37-21-8-20-33(44,50-52(45)46)51-53(47)48/h3-5,9-10,12-16,18,27-28,44H,1-2,6-8,11,17,19-23H2,(H2-2,37,40,41,43,45,46,47,48)/p+2/b18-16+/t27-,28+/m0/s1. The Morgan fingerprint density at radius 3 is 2.23 bits per heavy atom. The Hall–Kier alpha value is -4.08. The number of benzene rings is 2. The number of carboxylic acids is 1. The van der Waals surface area contributed by atoms with E-state index in [1.165, 1.54) is 54.6 Å². The van der Waals surface area contributed by atoms with E-state index in [0.717, 1.165) is 6.08 Å². The van der Waals surface area contributed by atoms with Crippen LogP contribution in [0.2, 0.25) is 0 Å². The van der Waals surface area contributed by atoms with Crippen LogP contribution in [0.5, 0.6) is 0 Å². The van der Waals surface area contributed by atoms with Crippen LogP contribution in [0.1, 0.15) is 79.3 Å². The summed E-state index contributed by atoms with van der Waals surface area (Å²) in [6.07, 6.45) is 2.71. The first-order chi connectivity index (χ1) is 25.1. The molecule has 1 heterocycles. The van der Waals surface area contributed by atoms with E-state index in [1.807, 2.05) is 0 Å². The number of esters is 1. The quantitative estimate of drug-likeness (QED) is 0.0329. The third kappa shape index (κ3) is 14.7. The van der Waals surface area contributed by atoms with Gasteiger partial charge in [0, 0.05) is 52.6 Å². The Labute approximate surface area is 305 Å². The molecule has 288 valence electrons. The lowest BCUT2D eigenvalue weighted by molar-refractivity contribution is -0.277. The highest BCUT2D eigenvalue weighted by molar-refractivity contribution is 7.33. The summed E-state index contributed by atoms with van der Waals surface area (Å²) in [5, 5.41) is 21.3. The third-order valence-electron chi connectivity index (χ3n) is 8.16. The molecule has 0 spiro atoms. The van der Waals surface area contributed by atoms with Gasteiger partial charge in [-0.15, -0.1) is 9.79 Å². The van der Waals surface area contributed by atoms with Crippen LogP contribution in [0.3, 0.4) is 0 Å². The number of halogens is 2. The van der Waals surface area contributed by atoms with Gasteiger partial charge in [-0.05, 0) is 58.5 Å². The molecule has 0 saturated carbocycles. The molecule has 3 rings (SSSR count). The fourth-order valence-electron chi connectivity index (χ4n) is 5.54. The smallest absolute Gasteiger partial charge is 0.481 e. The van der Waals surface area contributed by atoms with Crippen LogP contribution in [0.25, 0.3) is 0 Å². The van der Waals surface area contributed by atoms with Crippen molar-refractivity contribution in [1.29, 1.82) is 0 Å². The molecule has 1 aliphatic rings. The minimum atomic E-state index is -3.63. The van der Waals surface area contributed by atoms with Crippen molar-refractivity contribution in [2.75, 3.05) is 13.1 Å². The molecular formula is C34H42F2N2O13P2+2. The van der Waals surface area contributed by atoms with Crippen LogP contribution >= 0.6 is 16.5 Å². The average Bonchev–Trinajstić information content (AvgIpc) is 3.44. The van der Waals surface area contributed by atoms with E-state index in [-0.39, 0.29) is 42.8 Å². The molecule has 0 radical (unpaired) electrons. The number of nitrogens with one attached hydrogen (secondary N) is 1. The molecule has 0 aromatic heterocycles. The maximum atomic E-state index is 15.8. The van der Waals surface area contributed by atoms with Gasteiger partial charge in [-0.3, -0.25) is 19.2 Å². The number of hydrogen-bond acceptors (Lipinski definition) is 10. The predicted octanol–water partition coefficient (Wildman–Crippen LogP) is 5.00. The molecule has 1 saturated heterocycles. The van der Waals surface area contributed by atoms with E-state index < -0.39 is 71.2 Å². The molecular weight excluding hydrogens is 744 g/mol. The summed E-state index contributed by atoms with van der Waals surface area (Å²) in [5.74, 6) is -9.03. The van der Waals surface area contributed by atoms with Gasteiger partial charge in [0.15, 0.2) is 6.10 Å². The average molecular weight is 787 g/mol. The summed E-state index contributed by atoms with van der Waals surface area (Å²) in [7, 11) is -6.77. The van der Waals surface area contributed by atoms with Crippen molar-refractivity contribution < 1.29 is 70.9 Å². The van der Waals surface area contributed by atoms with Crippen molar-refractivity contribution in [3.05, 3.63) is 83.4 Å². The summed E-state index contributed by atoms with van der Waals surface area (Å²) in [5.41, 5.74) is 0.119. The first kappa shape index (κ1) is 43.3. The fraction of sp³-hybridized carbons (Fsp3) is 0.471. The van der Waals surface area contributed by atoms with Crippen LogP contribution < -0.4 is 5.32 Å². The molecule has 2 unspecified atom stereocenters. The van der Waals surface area contributed by atoms with Crippen LogP contribution in [-0.2, 0) is 49.6 Å². The lowest BCUT2D eigenvalue weighted by Gasteiger charge is -2.27. The van der Waals surface area contributed by atoms with E-state index in [2.05, 4.69) is 14.4 Å². The number of hydrogen-bond donors (Lipinski definition) is 5. The zero-order chi connectivity index (χ0) is 39.0. The Kier molecular flexibility index (Phi) is 17.1. The number of ether oxygens (including phenoxy) is 1. The Morgan fingerprint density at radius 1 is 0.962 bits per heavy atom. The third-order valence-corrected chi connectivity index (χ3v) is 9.04. The van der Waals surface area contributed by atoms with Crippen LogP contribution in [-0.4, -0.2) is 79.9 Å². The lowest BCUT2D eigenvalue weighted by atomic mass is 10.0. The molecule has 0 bridgehead atoms. The minimum absolute atomic E-state index is 0.0640. The first-order valence-electron chi connectivity index (χ1n) is 16.7. The minimum Gasteiger partial charge on any atom is -0.481 e. The summed E-state index contributed by atoms with van der Waals surface area (Å²) >= 11 is 0. The van der Waals surface area contributed by atoms with E-state index in [1.54, 1.807) is 11.0 Å². The van der Waals surface area contributed by atoms with Gasteiger partial charge in [0.25, 0.3) is 5.91 Å². The molecule has 2 aromatic rings. The SMILES string of the molecule is O=C(O)CCCCCCN1C(=O)CC[C@@H]1/C=C/[C@@H](OC(=O)Cc1ccc(C(=O)NCCCC(O)(O[P+](=O)O)O[P+](=O)O)cc1)C(F)(F)c1ccccc1. The van der Waals surface area contributed by atoms with Gasteiger partial charge in [0.05, 0.1) is 12.5 Å². The number of amides is 2. The Bertz CT molecular complexity index is 1600. The summed E-state index contributed by atoms with van der Waals surface area (Å²) in [6, 6.07) is 12.0. The molecule has 1 fully saturated rings. The number of aliphatic hydroxyl groups is 1. The predicted molar refractivity (Wildman–Crippen MR) is 183 cm³/mol. The van der Waals surface area contributed by atoms with Crippen LogP contribution in [0, 0.1) is 0 Å². The normalized spacial score (nSPS) is 17.0. The number of aliphatic carboxylic acids is 1. The van der Waals surface area contributed by atoms with E-state index in [9.17, 15) is 33.4 Å². The highest BCUT2D eigenvalue weighted by Crippen LogP contribution is 2.36. The molecule has 19 heteroatoms. The molecule has 2 aromatic carbocycles. The number of carboxylic acid groups (broad SMARTS) is 1. The van der Waals surface area contributed by atoms with Crippen molar-refractivity contribution >= 4 is 40.3 Å². The molecule has 2 amide bonds. The second-order valence-electron chi connectivity index (χ2n) is 12.1. The summed E-state index contributed by atoms with van der Waals surface area (Å²) in [6.45, 7) is 0.266.